The SMILES string of the molecule is COc1ccc(C(=O)Cc2c(Cl)c[nH]c(=O)c2Cl)c2c1OCC1(CCOCC1)CO2. The molecule has 1 aromatic heterocycles. The van der Waals surface area contributed by atoms with Gasteiger partial charge in [-0.05, 0) is 25.0 Å². The largest absolute Gasteiger partial charge is 0.493 e. The van der Waals surface area contributed by atoms with Crippen LogP contribution in [0.1, 0.15) is 28.8 Å². The van der Waals surface area contributed by atoms with Gasteiger partial charge < -0.3 is 23.9 Å². The van der Waals surface area contributed by atoms with E-state index in [0.29, 0.717) is 49.2 Å². The Hall–Kier alpha value is -2.22. The number of Topliss-reactive ketones (excluding diaryl/α,β-unsaturated/α-hetero) is 1. The van der Waals surface area contributed by atoms with E-state index in [2.05, 4.69) is 4.98 Å². The second kappa shape index (κ2) is 8.49. The Morgan fingerprint density at radius 2 is 1.87 bits per heavy atom. The van der Waals surface area contributed by atoms with Crippen molar-refractivity contribution in [1.29, 1.82) is 0 Å². The number of ether oxygens (including phenoxy) is 4. The molecule has 0 saturated carbocycles. The van der Waals surface area contributed by atoms with Gasteiger partial charge in [0.1, 0.15) is 5.02 Å². The zero-order valence-electron chi connectivity index (χ0n) is 16.4. The molecule has 9 heteroatoms. The first kappa shape index (κ1) is 21.0. The van der Waals surface area contributed by atoms with Gasteiger partial charge in [0, 0.05) is 36.8 Å². The predicted molar refractivity (Wildman–Crippen MR) is 112 cm³/mol. The average Bonchev–Trinajstić information content (AvgIpc) is 2.94. The minimum Gasteiger partial charge on any atom is -0.493 e. The first-order chi connectivity index (χ1) is 14.4. The lowest BCUT2D eigenvalue weighted by molar-refractivity contribution is -0.0254. The summed E-state index contributed by atoms with van der Waals surface area (Å²) in [5, 5.41) is 0.111. The van der Waals surface area contributed by atoms with Crippen molar-refractivity contribution in [2.75, 3.05) is 33.5 Å². The second-order valence-electron chi connectivity index (χ2n) is 7.52. The fourth-order valence-corrected chi connectivity index (χ4v) is 4.22. The van der Waals surface area contributed by atoms with Crippen LogP contribution < -0.4 is 19.8 Å². The van der Waals surface area contributed by atoms with Crippen molar-refractivity contribution in [3.05, 3.63) is 49.9 Å². The molecule has 2 aliphatic heterocycles. The Morgan fingerprint density at radius 3 is 2.57 bits per heavy atom. The molecule has 30 heavy (non-hydrogen) atoms. The lowest BCUT2D eigenvalue weighted by Crippen LogP contribution is -2.39. The van der Waals surface area contributed by atoms with Crippen molar-refractivity contribution in [1.82, 2.24) is 4.98 Å². The number of carbonyl (C=O) groups excluding carboxylic acids is 1. The van der Waals surface area contributed by atoms with E-state index in [1.54, 1.807) is 12.1 Å². The molecule has 4 rings (SSSR count). The smallest absolute Gasteiger partial charge is 0.267 e. The number of ketones is 1. The summed E-state index contributed by atoms with van der Waals surface area (Å²) in [5.41, 5.74) is -0.0880. The average molecular weight is 454 g/mol. The van der Waals surface area contributed by atoms with E-state index in [9.17, 15) is 9.59 Å². The van der Waals surface area contributed by atoms with Crippen molar-refractivity contribution >= 4 is 29.0 Å². The molecule has 0 amide bonds. The van der Waals surface area contributed by atoms with Gasteiger partial charge in [-0.15, -0.1) is 0 Å². The van der Waals surface area contributed by atoms with E-state index in [4.69, 9.17) is 42.1 Å². The van der Waals surface area contributed by atoms with Gasteiger partial charge in [-0.2, -0.15) is 0 Å². The molecular formula is C21H21Cl2NO6. The van der Waals surface area contributed by atoms with E-state index in [-0.39, 0.29) is 33.2 Å². The lowest BCUT2D eigenvalue weighted by atomic mass is 9.82. The summed E-state index contributed by atoms with van der Waals surface area (Å²) in [5.74, 6) is 0.919. The minimum absolute atomic E-state index is 0.103. The van der Waals surface area contributed by atoms with Crippen molar-refractivity contribution in [3.8, 4) is 17.2 Å². The zero-order chi connectivity index (χ0) is 21.3. The highest BCUT2D eigenvalue weighted by Crippen LogP contribution is 2.46. The first-order valence-corrected chi connectivity index (χ1v) is 10.3. The summed E-state index contributed by atoms with van der Waals surface area (Å²) in [6.45, 7) is 2.14. The fraction of sp³-hybridized carbons (Fsp3) is 0.429. The van der Waals surface area contributed by atoms with E-state index in [1.807, 2.05) is 0 Å². The monoisotopic (exact) mass is 453 g/mol. The molecule has 2 aromatic rings. The summed E-state index contributed by atoms with van der Waals surface area (Å²) in [6.07, 6.45) is 2.79. The Balaban J connectivity index is 1.68. The quantitative estimate of drug-likeness (QED) is 0.710. The van der Waals surface area contributed by atoms with Gasteiger partial charge in [0.15, 0.2) is 17.3 Å². The molecule has 0 radical (unpaired) electrons. The van der Waals surface area contributed by atoms with Gasteiger partial charge in [0.05, 0.1) is 30.9 Å². The lowest BCUT2D eigenvalue weighted by Gasteiger charge is -2.34. The van der Waals surface area contributed by atoms with Crippen LogP contribution in [0.5, 0.6) is 17.2 Å². The molecule has 0 aliphatic carbocycles. The third kappa shape index (κ3) is 3.89. The van der Waals surface area contributed by atoms with Gasteiger partial charge in [-0.3, -0.25) is 9.59 Å². The summed E-state index contributed by atoms with van der Waals surface area (Å²) in [6, 6.07) is 3.29. The Kier molecular flexibility index (Phi) is 5.95. The molecular weight excluding hydrogens is 433 g/mol. The number of H-pyrrole nitrogens is 1. The Morgan fingerprint density at radius 1 is 1.17 bits per heavy atom. The van der Waals surface area contributed by atoms with Crippen molar-refractivity contribution < 1.29 is 23.7 Å². The van der Waals surface area contributed by atoms with Crippen molar-refractivity contribution in [2.45, 2.75) is 19.3 Å². The Labute approximate surface area is 183 Å². The molecule has 3 heterocycles. The Bertz CT molecular complexity index is 1030. The van der Waals surface area contributed by atoms with Crippen LogP contribution in [0, 0.1) is 5.41 Å². The number of aromatic amines is 1. The normalized spacial score (nSPS) is 17.4. The van der Waals surface area contributed by atoms with Crippen LogP contribution in [0.25, 0.3) is 0 Å². The van der Waals surface area contributed by atoms with E-state index < -0.39 is 5.56 Å². The maximum atomic E-state index is 13.2. The molecule has 0 atom stereocenters. The first-order valence-electron chi connectivity index (χ1n) is 9.57. The fourth-order valence-electron chi connectivity index (χ4n) is 3.73. The van der Waals surface area contributed by atoms with E-state index in [0.717, 1.165) is 12.8 Å². The molecule has 0 bridgehead atoms. The number of benzene rings is 1. The number of methoxy groups -OCH3 is 1. The highest BCUT2D eigenvalue weighted by molar-refractivity contribution is 6.36. The molecule has 1 N–H and O–H groups in total. The van der Waals surface area contributed by atoms with Crippen LogP contribution in [-0.2, 0) is 11.2 Å². The number of halogens is 2. The summed E-state index contributed by atoms with van der Waals surface area (Å²) >= 11 is 12.2. The van der Waals surface area contributed by atoms with Gasteiger partial charge in [0.25, 0.3) is 5.56 Å². The third-order valence-corrected chi connectivity index (χ3v) is 6.35. The molecule has 0 unspecified atom stereocenters. The van der Waals surface area contributed by atoms with Crippen molar-refractivity contribution in [3.63, 3.8) is 0 Å². The number of hydrogen-bond acceptors (Lipinski definition) is 6. The number of rotatable bonds is 4. The third-order valence-electron chi connectivity index (χ3n) is 5.62. The molecule has 160 valence electrons. The van der Waals surface area contributed by atoms with Gasteiger partial charge in [0.2, 0.25) is 5.75 Å². The maximum Gasteiger partial charge on any atom is 0.267 e. The van der Waals surface area contributed by atoms with Crippen molar-refractivity contribution in [2.24, 2.45) is 5.41 Å². The molecule has 1 fully saturated rings. The summed E-state index contributed by atoms with van der Waals surface area (Å²) < 4.78 is 23.1. The molecule has 1 spiro atoms. The number of hydrogen-bond donors (Lipinski definition) is 1. The highest BCUT2D eigenvalue weighted by atomic mass is 35.5. The van der Waals surface area contributed by atoms with Crippen LogP contribution in [0.15, 0.2) is 23.1 Å². The zero-order valence-corrected chi connectivity index (χ0v) is 17.9. The molecule has 1 saturated heterocycles. The van der Waals surface area contributed by atoms with Crippen LogP contribution >= 0.6 is 23.2 Å². The summed E-state index contributed by atoms with van der Waals surface area (Å²) in [4.78, 5) is 27.4. The number of carbonyl (C=O) groups is 1. The highest BCUT2D eigenvalue weighted by Gasteiger charge is 2.38. The van der Waals surface area contributed by atoms with Crippen LogP contribution in [0.2, 0.25) is 10.0 Å². The van der Waals surface area contributed by atoms with E-state index in [1.165, 1.54) is 13.3 Å². The molecule has 7 nitrogen and oxygen atoms in total. The number of aromatic nitrogens is 1. The predicted octanol–water partition coefficient (Wildman–Crippen LogP) is 3.68. The second-order valence-corrected chi connectivity index (χ2v) is 8.31. The molecule has 1 aromatic carbocycles. The molecule has 2 aliphatic rings. The number of nitrogens with one attached hydrogen (secondary N) is 1. The summed E-state index contributed by atoms with van der Waals surface area (Å²) in [7, 11) is 1.53. The van der Waals surface area contributed by atoms with Crippen LogP contribution in [-0.4, -0.2) is 44.3 Å². The van der Waals surface area contributed by atoms with Crippen LogP contribution in [0.4, 0.5) is 0 Å². The number of pyridine rings is 1. The standard InChI is InChI=1S/C21H21Cl2NO6/c1-27-16-3-2-12(15(25)8-13-14(22)9-24-20(26)17(13)23)18-19(16)30-11-21(10-29-18)4-6-28-7-5-21/h2-3,9H,4-8,10-11H2,1H3,(H,24,26). The topological polar surface area (TPSA) is 86.9 Å². The van der Waals surface area contributed by atoms with E-state index >= 15 is 0 Å². The van der Waals surface area contributed by atoms with Gasteiger partial charge in [-0.25, -0.2) is 0 Å². The van der Waals surface area contributed by atoms with Crippen LogP contribution in [0.3, 0.4) is 0 Å². The maximum absolute atomic E-state index is 13.2. The van der Waals surface area contributed by atoms with Gasteiger partial charge in [-0.1, -0.05) is 23.2 Å². The minimum atomic E-state index is -0.501. The van der Waals surface area contributed by atoms with Gasteiger partial charge >= 0.3 is 0 Å². The number of fused-ring (bicyclic) bond motifs is 1.